The molecule has 0 bridgehead atoms. The van der Waals surface area contributed by atoms with E-state index in [9.17, 15) is 4.39 Å². The minimum absolute atomic E-state index is 0.223. The summed E-state index contributed by atoms with van der Waals surface area (Å²) in [7, 11) is 0. The highest BCUT2D eigenvalue weighted by Crippen LogP contribution is 2.43. The molecule has 0 fully saturated rings. The molecule has 170 valence electrons. The lowest BCUT2D eigenvalue weighted by Crippen LogP contribution is -1.88. The smallest absolute Gasteiger partial charge is 0.131 e. The minimum Gasteiger partial charge on any atom is -0.236 e. The third-order valence-electron chi connectivity index (χ3n) is 6.13. The zero-order chi connectivity index (χ0) is 23.9. The summed E-state index contributed by atoms with van der Waals surface area (Å²) >= 11 is 3.33. The Morgan fingerprint density at radius 1 is 0.543 bits per heavy atom. The zero-order valence-corrected chi connectivity index (χ0v) is 20.9. The fourth-order valence-corrected chi connectivity index (χ4v) is 6.23. The number of fused-ring (bicyclic) bond motifs is 1. The summed E-state index contributed by atoms with van der Waals surface area (Å²) in [6.07, 6.45) is 0. The van der Waals surface area contributed by atoms with Crippen molar-refractivity contribution in [1.82, 2.24) is 9.97 Å². The first-order valence-corrected chi connectivity index (χ1v) is 13.0. The molecule has 0 saturated heterocycles. The van der Waals surface area contributed by atoms with Crippen LogP contribution in [0, 0.1) is 19.7 Å². The minimum atomic E-state index is -0.223. The number of rotatable bonds is 4. The summed E-state index contributed by atoms with van der Waals surface area (Å²) in [6, 6.07) is 29.7. The van der Waals surface area contributed by atoms with Gasteiger partial charge in [0.05, 0.1) is 11.4 Å². The van der Waals surface area contributed by atoms with E-state index in [1.165, 1.54) is 6.07 Å². The van der Waals surface area contributed by atoms with Crippen molar-refractivity contribution in [1.29, 1.82) is 0 Å². The molecular weight excluding hydrogens is 471 g/mol. The molecule has 0 N–H and O–H groups in total. The van der Waals surface area contributed by atoms with E-state index >= 15 is 0 Å². The van der Waals surface area contributed by atoms with E-state index < -0.39 is 0 Å². The van der Waals surface area contributed by atoms with Crippen LogP contribution in [0.5, 0.6) is 0 Å². The lowest BCUT2D eigenvalue weighted by atomic mass is 10.0. The van der Waals surface area contributed by atoms with Crippen LogP contribution in [0.4, 0.5) is 4.39 Å². The maximum Gasteiger partial charge on any atom is 0.131 e. The maximum absolute atomic E-state index is 14.8. The molecule has 0 amide bonds. The first kappa shape index (κ1) is 21.8. The van der Waals surface area contributed by atoms with Crippen LogP contribution in [0.3, 0.4) is 0 Å². The number of thiazole rings is 2. The van der Waals surface area contributed by atoms with Crippen molar-refractivity contribution in [3.05, 3.63) is 107 Å². The number of aryl methyl sites for hydroxylation is 2. The van der Waals surface area contributed by atoms with Gasteiger partial charge in [-0.1, -0.05) is 78.9 Å². The van der Waals surface area contributed by atoms with Gasteiger partial charge in [0.2, 0.25) is 0 Å². The summed E-state index contributed by atoms with van der Waals surface area (Å²) in [5, 5.41) is 1.93. The van der Waals surface area contributed by atoms with Crippen molar-refractivity contribution in [2.24, 2.45) is 0 Å². The number of hydrogen-bond acceptors (Lipinski definition) is 4. The molecule has 0 aliphatic heterocycles. The molecule has 5 heteroatoms. The van der Waals surface area contributed by atoms with Crippen molar-refractivity contribution in [3.8, 4) is 54.8 Å². The Bertz CT molecular complexity index is 1620. The molecule has 0 spiro atoms. The molecule has 2 aliphatic rings. The number of hydrogen-bond donors (Lipinski definition) is 0. The van der Waals surface area contributed by atoms with Crippen LogP contribution in [0.15, 0.2) is 91.0 Å². The highest BCUT2D eigenvalue weighted by atomic mass is 32.1. The van der Waals surface area contributed by atoms with Gasteiger partial charge < -0.3 is 0 Å². The molecule has 2 aromatic heterocycles. The Kier molecular flexibility index (Phi) is 5.51. The number of halogens is 1. The molecule has 6 rings (SSSR count). The second-order valence-corrected chi connectivity index (χ2v) is 10.8. The van der Waals surface area contributed by atoms with Crippen LogP contribution in [-0.2, 0) is 0 Å². The van der Waals surface area contributed by atoms with E-state index in [-0.39, 0.29) is 5.82 Å². The molecule has 2 heterocycles. The largest absolute Gasteiger partial charge is 0.236 e. The van der Waals surface area contributed by atoms with E-state index in [1.54, 1.807) is 22.7 Å². The number of aromatic nitrogens is 2. The average Bonchev–Trinajstić information content (AvgIpc) is 3.53. The van der Waals surface area contributed by atoms with Crippen LogP contribution >= 0.6 is 22.7 Å². The van der Waals surface area contributed by atoms with Gasteiger partial charge in [-0.15, -0.1) is 22.7 Å². The second-order valence-electron chi connectivity index (χ2n) is 8.43. The third kappa shape index (κ3) is 3.97. The van der Waals surface area contributed by atoms with Crippen LogP contribution < -0.4 is 0 Å². The molecule has 0 atom stereocenters. The van der Waals surface area contributed by atoms with Gasteiger partial charge in [0, 0.05) is 37.6 Å². The fourth-order valence-electron chi connectivity index (χ4n) is 4.37. The van der Waals surface area contributed by atoms with Gasteiger partial charge in [0.15, 0.2) is 0 Å². The summed E-state index contributed by atoms with van der Waals surface area (Å²) in [6.45, 7) is 4.18. The number of nitrogens with zero attached hydrogens (tertiary/aromatic N) is 2. The Balaban J connectivity index is 1.59. The quantitative estimate of drug-likeness (QED) is 0.245. The monoisotopic (exact) mass is 492 g/mol. The lowest BCUT2D eigenvalue weighted by Gasteiger charge is -2.05. The maximum atomic E-state index is 14.8. The van der Waals surface area contributed by atoms with E-state index in [2.05, 4.69) is 44.2 Å². The molecule has 0 saturated carbocycles. The first-order valence-electron chi connectivity index (χ1n) is 11.4. The SMILES string of the molecule is Cc1sc(-c2ccccc2)nc1-c1ccc2ccc(F)c-2cc1-c1nc(-c2ccccc2)sc1C. The van der Waals surface area contributed by atoms with Crippen LogP contribution in [0.1, 0.15) is 9.75 Å². The third-order valence-corrected chi connectivity index (χ3v) is 8.17. The molecule has 2 aromatic carbocycles. The first-order chi connectivity index (χ1) is 17.1. The van der Waals surface area contributed by atoms with Gasteiger partial charge >= 0.3 is 0 Å². The van der Waals surface area contributed by atoms with Crippen molar-refractivity contribution in [2.75, 3.05) is 0 Å². The molecular formula is C30H21FN2S2. The molecule has 0 unspecified atom stereocenters. The molecule has 35 heavy (non-hydrogen) atoms. The van der Waals surface area contributed by atoms with E-state index in [4.69, 9.17) is 9.97 Å². The van der Waals surface area contributed by atoms with Crippen LogP contribution in [0.25, 0.3) is 54.8 Å². The van der Waals surface area contributed by atoms with Gasteiger partial charge in [-0.2, -0.15) is 0 Å². The van der Waals surface area contributed by atoms with Gasteiger partial charge in [0.1, 0.15) is 15.8 Å². The van der Waals surface area contributed by atoms with Gasteiger partial charge in [0.25, 0.3) is 0 Å². The standard InChI is InChI=1S/C30H21FN2S2/c1-18-27(32-29(34-18)21-9-5-3-6-10-21)23-15-13-20-14-16-26(31)24(20)17-25(23)28-19(2)35-30(33-28)22-11-7-4-8-12-22/h3-17H,1-2H3. The molecule has 0 radical (unpaired) electrons. The average molecular weight is 493 g/mol. The van der Waals surface area contributed by atoms with E-state index in [0.29, 0.717) is 5.56 Å². The molecule has 2 aliphatic carbocycles. The number of benzene rings is 2. The fraction of sp³-hybridized carbons (Fsp3) is 0.0667. The zero-order valence-electron chi connectivity index (χ0n) is 19.2. The van der Waals surface area contributed by atoms with Crippen LogP contribution in [0.2, 0.25) is 0 Å². The van der Waals surface area contributed by atoms with Crippen molar-refractivity contribution in [2.45, 2.75) is 13.8 Å². The summed E-state index contributed by atoms with van der Waals surface area (Å²) in [4.78, 5) is 12.3. The predicted molar refractivity (Wildman–Crippen MR) is 146 cm³/mol. The lowest BCUT2D eigenvalue weighted by molar-refractivity contribution is 0.635. The second kappa shape index (κ2) is 8.84. The molecule has 2 nitrogen and oxygen atoms in total. The Hall–Kier alpha value is -3.67. The summed E-state index contributed by atoms with van der Waals surface area (Å²) < 4.78 is 14.8. The Morgan fingerprint density at radius 2 is 1.06 bits per heavy atom. The highest BCUT2D eigenvalue weighted by Gasteiger charge is 2.21. The normalized spacial score (nSPS) is 11.3. The van der Waals surface area contributed by atoms with E-state index in [0.717, 1.165) is 59.0 Å². The van der Waals surface area contributed by atoms with Gasteiger partial charge in [-0.25, -0.2) is 14.4 Å². The Labute approximate surface area is 211 Å². The predicted octanol–water partition coefficient (Wildman–Crippen LogP) is 9.13. The Morgan fingerprint density at radius 3 is 1.63 bits per heavy atom. The topological polar surface area (TPSA) is 25.8 Å². The van der Waals surface area contributed by atoms with Crippen molar-refractivity contribution in [3.63, 3.8) is 0 Å². The summed E-state index contributed by atoms with van der Waals surface area (Å²) in [5.41, 5.74) is 7.27. The van der Waals surface area contributed by atoms with Crippen molar-refractivity contribution < 1.29 is 4.39 Å². The van der Waals surface area contributed by atoms with E-state index in [1.807, 2.05) is 54.6 Å². The highest BCUT2D eigenvalue weighted by molar-refractivity contribution is 7.15. The van der Waals surface area contributed by atoms with Crippen LogP contribution in [-0.4, -0.2) is 9.97 Å². The molecule has 4 aromatic rings. The van der Waals surface area contributed by atoms with Gasteiger partial charge in [-0.3, -0.25) is 0 Å². The van der Waals surface area contributed by atoms with Crippen molar-refractivity contribution >= 4 is 22.7 Å². The van der Waals surface area contributed by atoms with Gasteiger partial charge in [-0.05, 0) is 31.5 Å². The summed E-state index contributed by atoms with van der Waals surface area (Å²) in [5.74, 6) is -0.223.